The summed E-state index contributed by atoms with van der Waals surface area (Å²) in [5.41, 5.74) is 4.56. The number of aryl methyl sites for hydroxylation is 1. The summed E-state index contributed by atoms with van der Waals surface area (Å²) in [4.78, 5) is 0. The van der Waals surface area contributed by atoms with Crippen LogP contribution in [-0.4, -0.2) is 20.5 Å². The predicted molar refractivity (Wildman–Crippen MR) is 116 cm³/mol. The molecular weight excluding hydrogens is 401 g/mol. The molecule has 7 heteroatoms. The normalized spacial score (nSPS) is 12.8. The average molecular weight is 418 g/mol. The molecule has 148 valence electrons. The van der Waals surface area contributed by atoms with Crippen molar-refractivity contribution in [1.29, 1.82) is 0 Å². The molecule has 4 aromatic rings. The third-order valence-electron chi connectivity index (χ3n) is 5.02. The van der Waals surface area contributed by atoms with E-state index in [1.165, 1.54) is 12.1 Å². The second-order valence-corrected chi connectivity index (χ2v) is 7.48. The molecule has 5 rings (SSSR count). The van der Waals surface area contributed by atoms with Gasteiger partial charge in [-0.3, -0.25) is 4.57 Å². The van der Waals surface area contributed by atoms with E-state index < -0.39 is 0 Å². The van der Waals surface area contributed by atoms with Gasteiger partial charge in [0.15, 0.2) is 0 Å². The summed E-state index contributed by atoms with van der Waals surface area (Å²) in [6.45, 7) is 2.33. The Morgan fingerprint density at radius 2 is 1.63 bits per heavy atom. The standard InChI is InChI=1S/C23H17ClFN5/c1-15-26-27-23-29(14-16-6-12-19(25)13-7-16)28-22(17-8-10-18(24)11-9-17)20-4-2-3-5-21(20)30(15)23/h2-13H,14H2,1H3. The Labute approximate surface area is 178 Å². The number of aromatic nitrogens is 3. The Kier molecular flexibility index (Phi) is 4.56. The molecule has 0 saturated heterocycles. The van der Waals surface area contributed by atoms with E-state index in [2.05, 4.69) is 10.2 Å². The summed E-state index contributed by atoms with van der Waals surface area (Å²) < 4.78 is 15.4. The van der Waals surface area contributed by atoms with Gasteiger partial charge in [0, 0.05) is 16.1 Å². The zero-order valence-corrected chi connectivity index (χ0v) is 16.9. The van der Waals surface area contributed by atoms with Gasteiger partial charge in [-0.05, 0) is 42.8 Å². The van der Waals surface area contributed by atoms with Gasteiger partial charge in [-0.25, -0.2) is 9.40 Å². The first-order chi connectivity index (χ1) is 14.6. The SMILES string of the molecule is Cc1nnc2n1-c1ccccc1C(c1ccc(Cl)cc1)=NN2Cc1ccc(F)cc1. The van der Waals surface area contributed by atoms with Crippen LogP contribution in [0.2, 0.25) is 5.02 Å². The molecule has 0 bridgehead atoms. The highest BCUT2D eigenvalue weighted by Gasteiger charge is 2.26. The van der Waals surface area contributed by atoms with E-state index in [0.717, 1.165) is 33.9 Å². The summed E-state index contributed by atoms with van der Waals surface area (Å²) in [5.74, 6) is 1.09. The zero-order chi connectivity index (χ0) is 20.7. The number of hydrogen-bond acceptors (Lipinski definition) is 4. The Morgan fingerprint density at radius 3 is 2.40 bits per heavy atom. The van der Waals surface area contributed by atoms with Crippen molar-refractivity contribution in [3.8, 4) is 5.69 Å². The van der Waals surface area contributed by atoms with Crippen LogP contribution in [0.25, 0.3) is 5.69 Å². The third kappa shape index (κ3) is 3.25. The molecule has 1 aromatic heterocycles. The number of nitrogens with zero attached hydrogens (tertiary/aromatic N) is 5. The zero-order valence-electron chi connectivity index (χ0n) is 16.1. The quantitative estimate of drug-likeness (QED) is 0.463. The molecule has 0 unspecified atom stereocenters. The van der Waals surface area contributed by atoms with E-state index in [1.807, 2.05) is 60.0 Å². The minimum atomic E-state index is -0.272. The molecule has 1 aliphatic heterocycles. The second kappa shape index (κ2) is 7.39. The molecule has 0 amide bonds. The lowest BCUT2D eigenvalue weighted by Gasteiger charge is -2.18. The minimum Gasteiger partial charge on any atom is -0.263 e. The van der Waals surface area contributed by atoms with Crippen LogP contribution in [-0.2, 0) is 6.54 Å². The van der Waals surface area contributed by atoms with Gasteiger partial charge in [-0.1, -0.05) is 54.1 Å². The lowest BCUT2D eigenvalue weighted by atomic mass is 10.0. The molecule has 0 radical (unpaired) electrons. The van der Waals surface area contributed by atoms with Gasteiger partial charge in [0.25, 0.3) is 5.95 Å². The van der Waals surface area contributed by atoms with Crippen molar-refractivity contribution in [2.45, 2.75) is 13.5 Å². The number of anilines is 1. The molecule has 0 atom stereocenters. The minimum absolute atomic E-state index is 0.272. The van der Waals surface area contributed by atoms with Crippen molar-refractivity contribution in [3.05, 3.63) is 106 Å². The molecule has 2 heterocycles. The van der Waals surface area contributed by atoms with Crippen LogP contribution in [0, 0.1) is 12.7 Å². The Hall–Kier alpha value is -3.51. The highest BCUT2D eigenvalue weighted by molar-refractivity contribution is 6.30. The summed E-state index contributed by atoms with van der Waals surface area (Å²) >= 11 is 6.10. The smallest absolute Gasteiger partial charge is 0.252 e. The van der Waals surface area contributed by atoms with Crippen molar-refractivity contribution in [2.75, 3.05) is 5.01 Å². The van der Waals surface area contributed by atoms with Crippen molar-refractivity contribution in [2.24, 2.45) is 5.10 Å². The molecule has 0 aliphatic carbocycles. The molecule has 3 aromatic carbocycles. The molecule has 0 fully saturated rings. The fraction of sp³-hybridized carbons (Fsp3) is 0.0870. The molecule has 1 aliphatic rings. The van der Waals surface area contributed by atoms with Gasteiger partial charge < -0.3 is 0 Å². The average Bonchev–Trinajstić information content (AvgIpc) is 3.08. The second-order valence-electron chi connectivity index (χ2n) is 7.04. The first-order valence-electron chi connectivity index (χ1n) is 9.48. The first-order valence-corrected chi connectivity index (χ1v) is 9.86. The number of fused-ring (bicyclic) bond motifs is 3. The van der Waals surface area contributed by atoms with E-state index in [0.29, 0.717) is 17.5 Å². The number of rotatable bonds is 3. The number of para-hydroxylation sites is 1. The summed E-state index contributed by atoms with van der Waals surface area (Å²) in [7, 11) is 0. The maximum atomic E-state index is 13.4. The van der Waals surface area contributed by atoms with E-state index in [9.17, 15) is 4.39 Å². The number of benzene rings is 3. The fourth-order valence-corrected chi connectivity index (χ4v) is 3.70. The maximum Gasteiger partial charge on any atom is 0.252 e. The molecule has 30 heavy (non-hydrogen) atoms. The predicted octanol–water partition coefficient (Wildman–Crippen LogP) is 5.14. The van der Waals surface area contributed by atoms with Gasteiger partial charge in [0.2, 0.25) is 0 Å². The van der Waals surface area contributed by atoms with Crippen LogP contribution in [0.4, 0.5) is 10.3 Å². The van der Waals surface area contributed by atoms with E-state index in [-0.39, 0.29) is 5.82 Å². The van der Waals surface area contributed by atoms with Crippen molar-refractivity contribution in [1.82, 2.24) is 14.8 Å². The lowest BCUT2D eigenvalue weighted by molar-refractivity contribution is 0.626. The lowest BCUT2D eigenvalue weighted by Crippen LogP contribution is -2.20. The first kappa shape index (κ1) is 18.5. The highest BCUT2D eigenvalue weighted by atomic mass is 35.5. The summed E-state index contributed by atoms with van der Waals surface area (Å²) in [6, 6.07) is 22.0. The van der Waals surface area contributed by atoms with Gasteiger partial charge in [-0.15, -0.1) is 10.2 Å². The van der Waals surface area contributed by atoms with Crippen LogP contribution in [0.5, 0.6) is 0 Å². The largest absolute Gasteiger partial charge is 0.263 e. The van der Waals surface area contributed by atoms with Crippen molar-refractivity contribution >= 4 is 23.3 Å². The van der Waals surface area contributed by atoms with Gasteiger partial charge >= 0.3 is 0 Å². The van der Waals surface area contributed by atoms with E-state index in [4.69, 9.17) is 16.7 Å². The van der Waals surface area contributed by atoms with Gasteiger partial charge in [0.05, 0.1) is 12.2 Å². The molecule has 0 spiro atoms. The van der Waals surface area contributed by atoms with Crippen molar-refractivity contribution in [3.63, 3.8) is 0 Å². The highest BCUT2D eigenvalue weighted by Crippen LogP contribution is 2.30. The summed E-state index contributed by atoms with van der Waals surface area (Å²) in [5, 5.41) is 16.1. The Bertz CT molecular complexity index is 1250. The molecular formula is C23H17ClFN5. The number of hydrazone groups is 1. The van der Waals surface area contributed by atoms with E-state index >= 15 is 0 Å². The third-order valence-corrected chi connectivity index (χ3v) is 5.27. The summed E-state index contributed by atoms with van der Waals surface area (Å²) in [6.07, 6.45) is 0. The van der Waals surface area contributed by atoms with Gasteiger partial charge in [0.1, 0.15) is 17.4 Å². The fourth-order valence-electron chi connectivity index (χ4n) is 3.58. The van der Waals surface area contributed by atoms with E-state index in [1.54, 1.807) is 17.1 Å². The molecule has 5 nitrogen and oxygen atoms in total. The number of halogens is 2. The topological polar surface area (TPSA) is 46.3 Å². The van der Waals surface area contributed by atoms with Crippen LogP contribution in [0.3, 0.4) is 0 Å². The van der Waals surface area contributed by atoms with Crippen LogP contribution in [0.1, 0.15) is 22.5 Å². The monoisotopic (exact) mass is 417 g/mol. The van der Waals surface area contributed by atoms with Crippen molar-refractivity contribution < 1.29 is 4.39 Å². The van der Waals surface area contributed by atoms with Gasteiger partial charge in [-0.2, -0.15) is 5.10 Å². The molecule has 0 N–H and O–H groups in total. The van der Waals surface area contributed by atoms with Crippen LogP contribution in [0.15, 0.2) is 77.9 Å². The van der Waals surface area contributed by atoms with Crippen LogP contribution < -0.4 is 5.01 Å². The van der Waals surface area contributed by atoms with Crippen LogP contribution >= 0.6 is 11.6 Å². The molecule has 0 saturated carbocycles. The Morgan fingerprint density at radius 1 is 0.900 bits per heavy atom. The Balaban J connectivity index is 1.71. The number of hydrogen-bond donors (Lipinski definition) is 0. The maximum absolute atomic E-state index is 13.4.